The van der Waals surface area contributed by atoms with Crippen LogP contribution in [0.4, 0.5) is 0 Å². The molecule has 0 aromatic heterocycles. The molecule has 0 aliphatic heterocycles. The largest absolute Gasteiger partial charge is 0.481 e. The molecule has 0 aromatic carbocycles. The van der Waals surface area contributed by atoms with Gasteiger partial charge in [-0.15, -0.1) is 0 Å². The third kappa shape index (κ3) is 14.9. The molecule has 0 saturated heterocycles. The van der Waals surface area contributed by atoms with Crippen LogP contribution in [0.5, 0.6) is 0 Å². The SMILES string of the molecule is CCCCC(OC(C)=O)/C(C)=C/CC/C(C)=C/COP(=O)(O)OP(=O)(O)O. The monoisotopic (exact) mass is 428 g/mol. The van der Waals surface area contributed by atoms with E-state index in [0.29, 0.717) is 12.8 Å². The van der Waals surface area contributed by atoms with Crippen molar-refractivity contribution < 1.29 is 42.2 Å². The third-order valence-electron chi connectivity index (χ3n) is 3.52. The van der Waals surface area contributed by atoms with Crippen LogP contribution in [0.25, 0.3) is 0 Å². The first-order chi connectivity index (χ1) is 12.4. The molecule has 0 saturated carbocycles. The van der Waals surface area contributed by atoms with E-state index in [2.05, 4.69) is 15.8 Å². The summed E-state index contributed by atoms with van der Waals surface area (Å²) in [6.45, 7) is 6.83. The lowest BCUT2D eigenvalue weighted by Crippen LogP contribution is -2.17. The zero-order valence-corrected chi connectivity index (χ0v) is 17.9. The molecule has 0 aliphatic carbocycles. The minimum absolute atomic E-state index is 0.236. The molecule has 2 atom stereocenters. The number of carbonyl (C=O) groups excluding carboxylic acids is 1. The van der Waals surface area contributed by atoms with E-state index in [1.54, 1.807) is 6.92 Å². The maximum Gasteiger partial charge on any atom is 0.481 e. The van der Waals surface area contributed by atoms with Gasteiger partial charge in [0.1, 0.15) is 6.10 Å². The fourth-order valence-corrected chi connectivity index (χ4v) is 3.69. The highest BCUT2D eigenvalue weighted by atomic mass is 31.3. The summed E-state index contributed by atoms with van der Waals surface area (Å²) in [4.78, 5) is 37.4. The van der Waals surface area contributed by atoms with Crippen molar-refractivity contribution in [3.05, 3.63) is 23.3 Å². The fraction of sp³-hybridized carbons (Fsp3) is 0.688. The summed E-state index contributed by atoms with van der Waals surface area (Å²) >= 11 is 0. The number of carbonyl (C=O) groups is 1. The van der Waals surface area contributed by atoms with Gasteiger partial charge in [0.05, 0.1) is 6.61 Å². The average molecular weight is 428 g/mol. The number of phosphoric acid groups is 2. The van der Waals surface area contributed by atoms with Gasteiger partial charge in [-0.25, -0.2) is 9.13 Å². The summed E-state index contributed by atoms with van der Waals surface area (Å²) in [5.41, 5.74) is 1.82. The number of unbranched alkanes of at least 4 members (excludes halogenated alkanes) is 1. The van der Waals surface area contributed by atoms with Crippen molar-refractivity contribution in [1.82, 2.24) is 0 Å². The highest BCUT2D eigenvalue weighted by molar-refractivity contribution is 7.60. The molecule has 158 valence electrons. The smallest absolute Gasteiger partial charge is 0.458 e. The van der Waals surface area contributed by atoms with Crippen LogP contribution in [0.2, 0.25) is 0 Å². The normalized spacial score (nSPS) is 16.7. The lowest BCUT2D eigenvalue weighted by molar-refractivity contribution is -0.144. The topological polar surface area (TPSA) is 140 Å². The van der Waals surface area contributed by atoms with E-state index in [1.165, 1.54) is 13.0 Å². The summed E-state index contributed by atoms with van der Waals surface area (Å²) in [7, 11) is -9.93. The van der Waals surface area contributed by atoms with Gasteiger partial charge in [-0.3, -0.25) is 9.32 Å². The van der Waals surface area contributed by atoms with Crippen LogP contribution >= 0.6 is 15.6 Å². The van der Waals surface area contributed by atoms with Crippen molar-refractivity contribution in [3.63, 3.8) is 0 Å². The molecular formula is C16H30O9P2. The molecule has 9 nitrogen and oxygen atoms in total. The Labute approximate surface area is 160 Å². The number of esters is 1. The molecule has 0 radical (unpaired) electrons. The van der Waals surface area contributed by atoms with Gasteiger partial charge < -0.3 is 19.4 Å². The number of rotatable bonds is 13. The molecule has 3 N–H and O–H groups in total. The van der Waals surface area contributed by atoms with Gasteiger partial charge in [-0.1, -0.05) is 31.1 Å². The summed E-state index contributed by atoms with van der Waals surface area (Å²) < 4.78 is 35.3. The minimum atomic E-state index is -5.11. The van der Waals surface area contributed by atoms with E-state index < -0.39 is 15.6 Å². The molecule has 27 heavy (non-hydrogen) atoms. The van der Waals surface area contributed by atoms with Crippen LogP contribution in [-0.2, 0) is 27.5 Å². The molecule has 0 spiro atoms. The Balaban J connectivity index is 4.52. The van der Waals surface area contributed by atoms with Crippen molar-refractivity contribution in [2.45, 2.75) is 65.9 Å². The Kier molecular flexibility index (Phi) is 12.3. The van der Waals surface area contributed by atoms with Crippen LogP contribution in [0, 0.1) is 0 Å². The minimum Gasteiger partial charge on any atom is -0.458 e. The van der Waals surface area contributed by atoms with Crippen LogP contribution < -0.4 is 0 Å². The second-order valence-corrected chi connectivity index (χ2v) is 8.94. The van der Waals surface area contributed by atoms with Crippen LogP contribution in [0.15, 0.2) is 23.3 Å². The van der Waals surface area contributed by atoms with Crippen molar-refractivity contribution in [2.24, 2.45) is 0 Å². The molecule has 0 fully saturated rings. The maximum atomic E-state index is 11.3. The van der Waals surface area contributed by atoms with Crippen molar-refractivity contribution in [1.29, 1.82) is 0 Å². The zero-order valence-electron chi connectivity index (χ0n) is 16.2. The summed E-state index contributed by atoms with van der Waals surface area (Å²) in [6.07, 6.45) is 7.31. The van der Waals surface area contributed by atoms with Crippen molar-refractivity contribution in [2.75, 3.05) is 6.61 Å². The first-order valence-electron chi connectivity index (χ1n) is 8.60. The van der Waals surface area contributed by atoms with E-state index in [9.17, 15) is 13.9 Å². The lowest BCUT2D eigenvalue weighted by Gasteiger charge is -2.17. The third-order valence-corrected chi connectivity index (χ3v) is 5.67. The van der Waals surface area contributed by atoms with E-state index >= 15 is 0 Å². The molecule has 2 unspecified atom stereocenters. The number of hydrogen-bond acceptors (Lipinski definition) is 6. The molecule has 0 amide bonds. The second kappa shape index (κ2) is 12.6. The van der Waals surface area contributed by atoms with Gasteiger partial charge >= 0.3 is 21.6 Å². The number of allylic oxidation sites excluding steroid dienone is 2. The van der Waals surface area contributed by atoms with Crippen LogP contribution in [0.3, 0.4) is 0 Å². The standard InChI is InChI=1S/C16H30O9P2/c1-5-6-10-16(24-15(4)17)14(3)9-7-8-13(2)11-12-23-27(21,22)25-26(18,19)20/h9,11,16H,5-8,10,12H2,1-4H3,(H,21,22)(H2,18,19,20)/b13-11+,14-9+. The highest BCUT2D eigenvalue weighted by Crippen LogP contribution is 2.57. The molecule has 0 aliphatic rings. The Morgan fingerprint density at radius 2 is 1.74 bits per heavy atom. The number of ether oxygens (including phenoxy) is 1. The number of hydrogen-bond donors (Lipinski definition) is 3. The van der Waals surface area contributed by atoms with Gasteiger partial charge in [0, 0.05) is 6.92 Å². The summed E-state index contributed by atoms with van der Waals surface area (Å²) in [6, 6.07) is 0. The maximum absolute atomic E-state index is 11.3. The first kappa shape index (κ1) is 26.2. The van der Waals surface area contributed by atoms with Crippen LogP contribution in [0.1, 0.15) is 59.8 Å². The predicted octanol–water partition coefficient (Wildman–Crippen LogP) is 4.01. The zero-order chi connectivity index (χ0) is 21.1. The van der Waals surface area contributed by atoms with Gasteiger partial charge in [0.25, 0.3) is 0 Å². The fourth-order valence-electron chi connectivity index (χ4n) is 2.16. The van der Waals surface area contributed by atoms with Crippen molar-refractivity contribution >= 4 is 21.6 Å². The molecule has 11 heteroatoms. The highest BCUT2D eigenvalue weighted by Gasteiger charge is 2.31. The van der Waals surface area contributed by atoms with Gasteiger partial charge in [0.2, 0.25) is 0 Å². The second-order valence-electron chi connectivity index (χ2n) is 6.11. The molecule has 0 aromatic rings. The quantitative estimate of drug-likeness (QED) is 0.225. The Hall–Kier alpha value is -0.790. The molecule has 0 bridgehead atoms. The van der Waals surface area contributed by atoms with E-state index in [-0.39, 0.29) is 18.7 Å². The van der Waals surface area contributed by atoms with E-state index in [0.717, 1.165) is 30.4 Å². The average Bonchev–Trinajstić information content (AvgIpc) is 2.48. The van der Waals surface area contributed by atoms with Crippen LogP contribution in [-0.4, -0.2) is 33.4 Å². The van der Waals surface area contributed by atoms with Gasteiger partial charge in [-0.05, 0) is 45.1 Å². The molecule has 0 heterocycles. The molecular weight excluding hydrogens is 398 g/mol. The van der Waals surface area contributed by atoms with E-state index in [4.69, 9.17) is 19.4 Å². The Morgan fingerprint density at radius 1 is 1.11 bits per heavy atom. The predicted molar refractivity (Wildman–Crippen MR) is 101 cm³/mol. The molecule has 0 rings (SSSR count). The van der Waals surface area contributed by atoms with E-state index in [1.807, 2.05) is 13.0 Å². The lowest BCUT2D eigenvalue weighted by atomic mass is 10.0. The first-order valence-corrected chi connectivity index (χ1v) is 11.6. The van der Waals surface area contributed by atoms with Crippen molar-refractivity contribution in [3.8, 4) is 0 Å². The Bertz CT molecular complexity index is 621. The number of phosphoric ester groups is 1. The Morgan fingerprint density at radius 3 is 2.26 bits per heavy atom. The summed E-state index contributed by atoms with van der Waals surface area (Å²) in [5.74, 6) is -0.317. The summed E-state index contributed by atoms with van der Waals surface area (Å²) in [5, 5.41) is 0. The van der Waals surface area contributed by atoms with Gasteiger partial charge in [0.15, 0.2) is 0 Å². The van der Waals surface area contributed by atoms with Gasteiger partial charge in [-0.2, -0.15) is 4.31 Å².